The topological polar surface area (TPSA) is 77.8 Å². The van der Waals surface area contributed by atoms with Crippen molar-refractivity contribution in [2.45, 2.75) is 38.2 Å². The number of hydrogen-bond donors (Lipinski definition) is 3. The monoisotopic (exact) mass is 314 g/mol. The van der Waals surface area contributed by atoms with Crippen molar-refractivity contribution in [3.8, 4) is 11.5 Å². The lowest BCUT2D eigenvalue weighted by atomic mass is 10.00. The van der Waals surface area contributed by atoms with Gasteiger partial charge < -0.3 is 15.3 Å². The zero-order valence-corrected chi connectivity index (χ0v) is 13.0. The number of benzene rings is 2. The Labute approximate surface area is 136 Å². The lowest BCUT2D eigenvalue weighted by Gasteiger charge is -2.10. The molecule has 0 radical (unpaired) electrons. The maximum Gasteiger partial charge on any atom is 0.135 e. The first kappa shape index (κ1) is 17.0. The fraction of sp³-hybridized carbons (Fsp3) is 0.316. The number of Topliss-reactive ketones (excluding diaryl/α,β-unsaturated/α-hetero) is 1. The Morgan fingerprint density at radius 1 is 0.870 bits per heavy atom. The largest absolute Gasteiger partial charge is 0.508 e. The Hall–Kier alpha value is -2.33. The molecule has 2 aromatic rings. The second kappa shape index (κ2) is 8.34. The van der Waals surface area contributed by atoms with E-state index in [1.54, 1.807) is 24.3 Å². The molecule has 23 heavy (non-hydrogen) atoms. The minimum Gasteiger partial charge on any atom is -0.508 e. The fourth-order valence-corrected chi connectivity index (χ4v) is 2.45. The summed E-state index contributed by atoms with van der Waals surface area (Å²) in [7, 11) is 0. The number of hydrogen-bond acceptors (Lipinski definition) is 4. The number of rotatable bonds is 8. The third kappa shape index (κ3) is 5.75. The standard InChI is InChI=1S/C19H22O4/c20-16-9-5-14(6-10-16)3-1-2-4-18(22)13-19(23)15-7-11-17(21)12-8-15/h5-12,19-21,23H,1-4,13H2. The SMILES string of the molecule is O=C(CCCCc1ccc(O)cc1)CC(O)c1ccc(O)cc1. The number of phenolic OH excluding ortho intramolecular Hbond substituents is 2. The van der Waals surface area contributed by atoms with E-state index in [0.717, 1.165) is 24.8 Å². The Balaban J connectivity index is 1.68. The molecular weight excluding hydrogens is 292 g/mol. The molecule has 0 saturated heterocycles. The number of phenols is 2. The summed E-state index contributed by atoms with van der Waals surface area (Å²) < 4.78 is 0. The van der Waals surface area contributed by atoms with E-state index in [0.29, 0.717) is 12.0 Å². The number of aryl methyl sites for hydroxylation is 1. The minimum atomic E-state index is -0.819. The van der Waals surface area contributed by atoms with Crippen molar-refractivity contribution in [2.24, 2.45) is 0 Å². The van der Waals surface area contributed by atoms with Crippen molar-refractivity contribution in [2.75, 3.05) is 0 Å². The molecule has 1 unspecified atom stereocenters. The first-order valence-electron chi connectivity index (χ1n) is 7.81. The second-order valence-electron chi connectivity index (χ2n) is 5.72. The Bertz CT molecular complexity index is 617. The third-order valence-corrected chi connectivity index (χ3v) is 3.81. The van der Waals surface area contributed by atoms with Gasteiger partial charge in [-0.15, -0.1) is 0 Å². The number of carbonyl (C=O) groups excluding carboxylic acids is 1. The highest BCUT2D eigenvalue weighted by atomic mass is 16.3. The van der Waals surface area contributed by atoms with Crippen LogP contribution in [-0.4, -0.2) is 21.1 Å². The predicted molar refractivity (Wildman–Crippen MR) is 88.4 cm³/mol. The molecule has 0 amide bonds. The molecule has 0 spiro atoms. The molecule has 4 heteroatoms. The van der Waals surface area contributed by atoms with E-state index in [1.165, 1.54) is 12.1 Å². The van der Waals surface area contributed by atoms with Crippen LogP contribution in [0, 0.1) is 0 Å². The van der Waals surface area contributed by atoms with Gasteiger partial charge in [0.25, 0.3) is 0 Å². The molecule has 3 N–H and O–H groups in total. The van der Waals surface area contributed by atoms with Gasteiger partial charge in [-0.25, -0.2) is 0 Å². The third-order valence-electron chi connectivity index (χ3n) is 3.81. The smallest absolute Gasteiger partial charge is 0.135 e. The summed E-state index contributed by atoms with van der Waals surface area (Å²) in [5.74, 6) is 0.435. The molecule has 122 valence electrons. The second-order valence-corrected chi connectivity index (χ2v) is 5.72. The number of aromatic hydroxyl groups is 2. The molecule has 0 aliphatic heterocycles. The van der Waals surface area contributed by atoms with Gasteiger partial charge in [-0.2, -0.15) is 0 Å². The van der Waals surface area contributed by atoms with Gasteiger partial charge in [0.2, 0.25) is 0 Å². The number of unbranched alkanes of at least 4 members (excludes halogenated alkanes) is 1. The lowest BCUT2D eigenvalue weighted by Crippen LogP contribution is -2.06. The molecule has 2 rings (SSSR count). The average Bonchev–Trinajstić information content (AvgIpc) is 2.54. The van der Waals surface area contributed by atoms with Crippen LogP contribution < -0.4 is 0 Å². The first-order chi connectivity index (χ1) is 11.0. The van der Waals surface area contributed by atoms with Crippen LogP contribution in [0.5, 0.6) is 11.5 Å². The highest BCUT2D eigenvalue weighted by Crippen LogP contribution is 2.21. The molecule has 0 fully saturated rings. The lowest BCUT2D eigenvalue weighted by molar-refractivity contribution is -0.121. The van der Waals surface area contributed by atoms with Gasteiger partial charge in [0, 0.05) is 12.8 Å². The van der Waals surface area contributed by atoms with Crippen LogP contribution in [0.1, 0.15) is 42.9 Å². The van der Waals surface area contributed by atoms with E-state index in [-0.39, 0.29) is 23.7 Å². The van der Waals surface area contributed by atoms with Crippen molar-refractivity contribution >= 4 is 5.78 Å². The summed E-state index contributed by atoms with van der Waals surface area (Å²) in [5.41, 5.74) is 1.78. The van der Waals surface area contributed by atoms with Gasteiger partial charge in [-0.1, -0.05) is 24.3 Å². The van der Waals surface area contributed by atoms with Crippen molar-refractivity contribution in [3.05, 3.63) is 59.7 Å². The fourth-order valence-electron chi connectivity index (χ4n) is 2.45. The molecular formula is C19H22O4. The summed E-state index contributed by atoms with van der Waals surface area (Å²) in [6, 6.07) is 13.3. The van der Waals surface area contributed by atoms with Gasteiger partial charge in [0.05, 0.1) is 6.10 Å². The van der Waals surface area contributed by atoms with E-state index in [9.17, 15) is 20.1 Å². The summed E-state index contributed by atoms with van der Waals surface area (Å²) in [6.45, 7) is 0. The first-order valence-corrected chi connectivity index (χ1v) is 7.81. The van der Waals surface area contributed by atoms with Crippen LogP contribution in [0.4, 0.5) is 0 Å². The molecule has 0 heterocycles. The van der Waals surface area contributed by atoms with Crippen LogP contribution in [0.15, 0.2) is 48.5 Å². The molecule has 4 nitrogen and oxygen atoms in total. The number of aliphatic hydroxyl groups is 1. The molecule has 0 aliphatic carbocycles. The average molecular weight is 314 g/mol. The molecule has 0 aromatic heterocycles. The Morgan fingerprint density at radius 3 is 2.04 bits per heavy atom. The zero-order valence-electron chi connectivity index (χ0n) is 13.0. The van der Waals surface area contributed by atoms with Crippen molar-refractivity contribution in [3.63, 3.8) is 0 Å². The maximum atomic E-state index is 11.9. The Kier molecular flexibility index (Phi) is 6.18. The number of aliphatic hydroxyl groups excluding tert-OH is 1. The van der Waals surface area contributed by atoms with E-state index in [1.807, 2.05) is 12.1 Å². The number of ketones is 1. The minimum absolute atomic E-state index is 0.0382. The van der Waals surface area contributed by atoms with Crippen molar-refractivity contribution < 1.29 is 20.1 Å². The highest BCUT2D eigenvalue weighted by Gasteiger charge is 2.12. The van der Waals surface area contributed by atoms with Crippen LogP contribution in [0.25, 0.3) is 0 Å². The summed E-state index contributed by atoms with van der Waals surface area (Å²) in [4.78, 5) is 11.9. The normalized spacial score (nSPS) is 12.0. The van der Waals surface area contributed by atoms with Crippen LogP contribution in [0.2, 0.25) is 0 Å². The van der Waals surface area contributed by atoms with Gasteiger partial charge in [-0.05, 0) is 54.7 Å². The molecule has 0 saturated carbocycles. The van der Waals surface area contributed by atoms with Gasteiger partial charge in [-0.3, -0.25) is 4.79 Å². The van der Waals surface area contributed by atoms with E-state index in [4.69, 9.17) is 0 Å². The zero-order chi connectivity index (χ0) is 16.7. The van der Waals surface area contributed by atoms with Gasteiger partial charge >= 0.3 is 0 Å². The summed E-state index contributed by atoms with van der Waals surface area (Å²) in [5, 5.41) is 28.4. The van der Waals surface area contributed by atoms with Crippen molar-refractivity contribution in [1.82, 2.24) is 0 Å². The van der Waals surface area contributed by atoms with E-state index in [2.05, 4.69) is 0 Å². The van der Waals surface area contributed by atoms with Crippen LogP contribution in [0.3, 0.4) is 0 Å². The van der Waals surface area contributed by atoms with Gasteiger partial charge in [0.15, 0.2) is 0 Å². The van der Waals surface area contributed by atoms with Gasteiger partial charge in [0.1, 0.15) is 17.3 Å². The highest BCUT2D eigenvalue weighted by molar-refractivity contribution is 5.79. The van der Waals surface area contributed by atoms with Crippen LogP contribution in [-0.2, 0) is 11.2 Å². The summed E-state index contributed by atoms with van der Waals surface area (Å²) in [6.07, 6.45) is 2.28. The Morgan fingerprint density at radius 2 is 1.43 bits per heavy atom. The number of carbonyl (C=O) groups is 1. The van der Waals surface area contributed by atoms with Crippen LogP contribution >= 0.6 is 0 Å². The van der Waals surface area contributed by atoms with Crippen molar-refractivity contribution in [1.29, 1.82) is 0 Å². The maximum absolute atomic E-state index is 11.9. The molecule has 1 atom stereocenters. The molecule has 0 aliphatic rings. The van der Waals surface area contributed by atoms with E-state index >= 15 is 0 Å². The summed E-state index contributed by atoms with van der Waals surface area (Å²) >= 11 is 0. The molecule has 2 aromatic carbocycles. The predicted octanol–water partition coefficient (Wildman–Crippen LogP) is 3.50. The quantitative estimate of drug-likeness (QED) is 0.652. The molecule has 0 bridgehead atoms. The van der Waals surface area contributed by atoms with E-state index < -0.39 is 6.10 Å².